The van der Waals surface area contributed by atoms with Crippen molar-refractivity contribution in [2.24, 2.45) is 0 Å². The highest BCUT2D eigenvalue weighted by Gasteiger charge is 2.14. The molecule has 0 aliphatic rings. The highest BCUT2D eigenvalue weighted by Crippen LogP contribution is 2.23. The van der Waals surface area contributed by atoms with Crippen molar-refractivity contribution in [3.8, 4) is 5.75 Å². The van der Waals surface area contributed by atoms with Crippen molar-refractivity contribution in [1.29, 1.82) is 0 Å². The quantitative estimate of drug-likeness (QED) is 0.741. The van der Waals surface area contributed by atoms with Crippen molar-refractivity contribution in [3.05, 3.63) is 75.1 Å². The van der Waals surface area contributed by atoms with Gasteiger partial charge in [-0.3, -0.25) is 4.79 Å². The summed E-state index contributed by atoms with van der Waals surface area (Å²) in [6, 6.07) is 12.5. The van der Waals surface area contributed by atoms with Crippen LogP contribution in [-0.2, 0) is 6.54 Å². The lowest BCUT2D eigenvalue weighted by molar-refractivity contribution is 0.0948. The molecule has 0 aliphatic carbocycles. The molecule has 25 heavy (non-hydrogen) atoms. The molecule has 128 valence electrons. The van der Waals surface area contributed by atoms with Gasteiger partial charge in [-0.2, -0.15) is 0 Å². The maximum Gasteiger partial charge on any atom is 0.339 e. The molecule has 0 atom stereocenters. The molecule has 0 aliphatic heterocycles. The van der Waals surface area contributed by atoms with Crippen molar-refractivity contribution in [2.75, 3.05) is 7.11 Å². The van der Waals surface area contributed by atoms with Crippen LogP contribution >= 0.6 is 0 Å². The summed E-state index contributed by atoms with van der Waals surface area (Å²) in [6.07, 6.45) is 0. The van der Waals surface area contributed by atoms with E-state index in [1.54, 1.807) is 31.2 Å². The molecule has 5 nitrogen and oxygen atoms in total. The summed E-state index contributed by atoms with van der Waals surface area (Å²) in [5, 5.41) is 3.77. The van der Waals surface area contributed by atoms with Gasteiger partial charge in [-0.1, -0.05) is 24.3 Å². The molecular formula is C20H19NO4. The summed E-state index contributed by atoms with van der Waals surface area (Å²) in [7, 11) is 1.53. The molecule has 0 saturated heterocycles. The van der Waals surface area contributed by atoms with Gasteiger partial charge in [0.05, 0.1) is 12.7 Å². The van der Waals surface area contributed by atoms with E-state index in [2.05, 4.69) is 5.32 Å². The van der Waals surface area contributed by atoms with Crippen LogP contribution in [0.15, 0.2) is 51.7 Å². The number of hydrogen-bond acceptors (Lipinski definition) is 4. The van der Waals surface area contributed by atoms with Gasteiger partial charge in [0.2, 0.25) is 0 Å². The van der Waals surface area contributed by atoms with Crippen LogP contribution in [-0.4, -0.2) is 13.0 Å². The Hall–Kier alpha value is -3.08. The largest absolute Gasteiger partial charge is 0.496 e. The van der Waals surface area contributed by atoms with Gasteiger partial charge < -0.3 is 14.5 Å². The van der Waals surface area contributed by atoms with E-state index in [9.17, 15) is 9.59 Å². The van der Waals surface area contributed by atoms with Gasteiger partial charge in [0, 0.05) is 17.5 Å². The first-order chi connectivity index (χ1) is 12.0. The van der Waals surface area contributed by atoms with E-state index in [0.717, 1.165) is 16.5 Å². The number of methoxy groups -OCH3 is 1. The summed E-state index contributed by atoms with van der Waals surface area (Å²) >= 11 is 0. The summed E-state index contributed by atoms with van der Waals surface area (Å²) < 4.78 is 10.6. The van der Waals surface area contributed by atoms with E-state index in [4.69, 9.17) is 9.15 Å². The van der Waals surface area contributed by atoms with Crippen LogP contribution in [0.2, 0.25) is 0 Å². The minimum absolute atomic E-state index is 0.221. The van der Waals surface area contributed by atoms with Crippen molar-refractivity contribution < 1.29 is 13.9 Å². The van der Waals surface area contributed by atoms with E-state index in [1.807, 2.05) is 25.1 Å². The van der Waals surface area contributed by atoms with Crippen LogP contribution in [0.1, 0.15) is 27.0 Å². The Morgan fingerprint density at radius 1 is 1.08 bits per heavy atom. The Morgan fingerprint density at radius 3 is 2.60 bits per heavy atom. The number of hydrogen-bond donors (Lipinski definition) is 1. The van der Waals surface area contributed by atoms with Crippen LogP contribution in [0.5, 0.6) is 5.75 Å². The summed E-state index contributed by atoms with van der Waals surface area (Å²) in [4.78, 5) is 24.3. The van der Waals surface area contributed by atoms with Crippen LogP contribution in [0, 0.1) is 13.8 Å². The van der Waals surface area contributed by atoms with Gasteiger partial charge in [0.15, 0.2) is 0 Å². The second-order valence-corrected chi connectivity index (χ2v) is 5.81. The van der Waals surface area contributed by atoms with Gasteiger partial charge in [-0.05, 0) is 43.2 Å². The average molecular weight is 337 g/mol. The second kappa shape index (κ2) is 6.81. The number of para-hydroxylation sites is 1. The molecule has 3 aromatic rings. The standard InChI is InChI=1S/C20H19NO4/c1-12-13(2)20(23)25-17-10-6-7-14(18(12)17)11-21-19(22)15-8-4-5-9-16(15)24-3/h4-10H,11H2,1-3H3,(H,21,22). The van der Waals surface area contributed by atoms with Crippen molar-refractivity contribution in [1.82, 2.24) is 5.32 Å². The molecule has 1 N–H and O–H groups in total. The average Bonchev–Trinajstić information content (AvgIpc) is 2.63. The highest BCUT2D eigenvalue weighted by atomic mass is 16.5. The third-order valence-electron chi connectivity index (χ3n) is 4.35. The minimum Gasteiger partial charge on any atom is -0.496 e. The topological polar surface area (TPSA) is 68.5 Å². The van der Waals surface area contributed by atoms with Gasteiger partial charge in [0.1, 0.15) is 11.3 Å². The molecule has 1 aromatic heterocycles. The van der Waals surface area contributed by atoms with Crippen molar-refractivity contribution >= 4 is 16.9 Å². The Balaban J connectivity index is 1.93. The zero-order valence-electron chi connectivity index (χ0n) is 14.4. The van der Waals surface area contributed by atoms with Gasteiger partial charge in [-0.25, -0.2) is 4.79 Å². The predicted molar refractivity (Wildman–Crippen MR) is 96.1 cm³/mol. The zero-order chi connectivity index (χ0) is 18.0. The molecule has 0 spiro atoms. The van der Waals surface area contributed by atoms with E-state index in [0.29, 0.717) is 29.0 Å². The zero-order valence-corrected chi connectivity index (χ0v) is 14.4. The maximum atomic E-state index is 12.5. The van der Waals surface area contributed by atoms with Crippen LogP contribution < -0.4 is 15.7 Å². The summed E-state index contributed by atoms with van der Waals surface area (Å²) in [5.41, 5.74) is 3.01. The molecule has 5 heteroatoms. The van der Waals surface area contributed by atoms with E-state index >= 15 is 0 Å². The predicted octanol–water partition coefficient (Wildman–Crippen LogP) is 3.35. The number of ether oxygens (including phenoxy) is 1. The first-order valence-electron chi connectivity index (χ1n) is 7.96. The third kappa shape index (κ3) is 3.13. The molecule has 0 saturated carbocycles. The first-order valence-corrected chi connectivity index (χ1v) is 7.96. The number of nitrogens with one attached hydrogen (secondary N) is 1. The highest BCUT2D eigenvalue weighted by molar-refractivity contribution is 5.97. The number of rotatable bonds is 4. The molecule has 2 aromatic carbocycles. The van der Waals surface area contributed by atoms with E-state index in [-0.39, 0.29) is 11.5 Å². The monoisotopic (exact) mass is 337 g/mol. The number of carbonyl (C=O) groups excluding carboxylic acids is 1. The van der Waals surface area contributed by atoms with Gasteiger partial charge >= 0.3 is 5.63 Å². The molecule has 0 unspecified atom stereocenters. The minimum atomic E-state index is -0.333. The fraction of sp³-hybridized carbons (Fsp3) is 0.200. The molecule has 1 heterocycles. The fourth-order valence-electron chi connectivity index (χ4n) is 2.85. The second-order valence-electron chi connectivity index (χ2n) is 5.81. The number of aryl methyl sites for hydroxylation is 1. The molecule has 3 rings (SSSR count). The Morgan fingerprint density at radius 2 is 1.84 bits per heavy atom. The molecule has 0 fully saturated rings. The van der Waals surface area contributed by atoms with E-state index < -0.39 is 0 Å². The molecule has 0 bridgehead atoms. The van der Waals surface area contributed by atoms with E-state index in [1.165, 1.54) is 7.11 Å². The Bertz CT molecular complexity index is 1000. The van der Waals surface area contributed by atoms with Crippen molar-refractivity contribution in [3.63, 3.8) is 0 Å². The van der Waals surface area contributed by atoms with Crippen molar-refractivity contribution in [2.45, 2.75) is 20.4 Å². The molecular weight excluding hydrogens is 318 g/mol. The Kier molecular flexibility index (Phi) is 4.57. The number of carbonyl (C=O) groups is 1. The lowest BCUT2D eigenvalue weighted by atomic mass is 10.0. The van der Waals surface area contributed by atoms with Crippen LogP contribution in [0.4, 0.5) is 0 Å². The molecule has 0 radical (unpaired) electrons. The maximum absolute atomic E-state index is 12.5. The summed E-state index contributed by atoms with van der Waals surface area (Å²) in [6.45, 7) is 3.95. The SMILES string of the molecule is COc1ccccc1C(=O)NCc1cccc2oc(=O)c(C)c(C)c12. The van der Waals surface area contributed by atoms with Crippen LogP contribution in [0.3, 0.4) is 0 Å². The fourth-order valence-corrected chi connectivity index (χ4v) is 2.85. The van der Waals surface area contributed by atoms with Gasteiger partial charge in [0.25, 0.3) is 5.91 Å². The van der Waals surface area contributed by atoms with Crippen LogP contribution in [0.25, 0.3) is 11.0 Å². The third-order valence-corrected chi connectivity index (χ3v) is 4.35. The first kappa shape index (κ1) is 16.8. The van der Waals surface area contributed by atoms with Gasteiger partial charge in [-0.15, -0.1) is 0 Å². The normalized spacial score (nSPS) is 10.7. The number of fused-ring (bicyclic) bond motifs is 1. The summed E-state index contributed by atoms with van der Waals surface area (Å²) in [5.74, 6) is 0.303. The molecule has 1 amide bonds. The Labute approximate surface area is 145 Å². The lowest BCUT2D eigenvalue weighted by Gasteiger charge is -2.12. The smallest absolute Gasteiger partial charge is 0.339 e. The lowest BCUT2D eigenvalue weighted by Crippen LogP contribution is -2.23. The number of benzene rings is 2. The number of amides is 1.